The third-order valence-electron chi connectivity index (χ3n) is 2.89. The lowest BCUT2D eigenvalue weighted by atomic mass is 10.1. The fourth-order valence-electron chi connectivity index (χ4n) is 2.05. The normalized spacial score (nSPS) is 20.1. The van der Waals surface area contributed by atoms with Gasteiger partial charge in [0.15, 0.2) is 5.17 Å². The molecule has 2 rings (SSSR count). The first-order chi connectivity index (χ1) is 9.63. The number of amidine groups is 1. The summed E-state index contributed by atoms with van der Waals surface area (Å²) in [6.45, 7) is 4.10. The quantitative estimate of drug-likeness (QED) is 0.870. The van der Waals surface area contributed by atoms with Gasteiger partial charge in [0.25, 0.3) is 0 Å². The van der Waals surface area contributed by atoms with Crippen LogP contribution in [0.3, 0.4) is 0 Å². The third kappa shape index (κ3) is 4.89. The predicted octanol–water partition coefficient (Wildman–Crippen LogP) is 1.81. The third-order valence-corrected chi connectivity index (χ3v) is 3.98. The number of hydrogen-bond donors (Lipinski definition) is 2. The lowest BCUT2D eigenvalue weighted by molar-refractivity contribution is -0.120. The number of nitrogens with zero attached hydrogens (tertiary/aromatic N) is 1. The Labute approximate surface area is 124 Å². The van der Waals surface area contributed by atoms with Gasteiger partial charge in [0, 0.05) is 17.8 Å². The molecule has 1 fully saturated rings. The summed E-state index contributed by atoms with van der Waals surface area (Å²) in [7, 11) is 0. The van der Waals surface area contributed by atoms with E-state index in [1.807, 2.05) is 19.9 Å². The molecule has 0 aromatic heterocycles. The minimum absolute atomic E-state index is 0.0265. The molecular weight excluding hydrogens is 270 g/mol. The van der Waals surface area contributed by atoms with Crippen LogP contribution in [0.25, 0.3) is 0 Å². The number of carbonyl (C=O) groups excluding carboxylic acids is 1. The largest absolute Gasteiger partial charge is 0.361 e. The fraction of sp³-hybridized carbons (Fsp3) is 0.467. The van der Waals surface area contributed by atoms with Crippen LogP contribution in [0.15, 0.2) is 35.3 Å². The molecule has 1 aromatic carbocycles. The standard InChI is InChI=1S/C15H21N3OS/c1-11(2)17-14(19)9-16-15-18-13(10-20-15)8-12-6-4-3-5-7-12/h3-7,11,13H,8-10H2,1-2H3,(H,16,18)(H,17,19). The topological polar surface area (TPSA) is 53.5 Å². The first kappa shape index (κ1) is 14.9. The van der Waals surface area contributed by atoms with Crippen LogP contribution in [-0.2, 0) is 11.2 Å². The summed E-state index contributed by atoms with van der Waals surface area (Å²) in [5.74, 6) is 0.973. The van der Waals surface area contributed by atoms with Crippen LogP contribution >= 0.6 is 11.8 Å². The first-order valence-electron chi connectivity index (χ1n) is 6.90. The molecule has 1 amide bonds. The van der Waals surface area contributed by atoms with E-state index in [0.29, 0.717) is 6.04 Å². The van der Waals surface area contributed by atoms with Crippen molar-refractivity contribution >= 4 is 22.8 Å². The van der Waals surface area contributed by atoms with Crippen LogP contribution in [0.2, 0.25) is 0 Å². The van der Waals surface area contributed by atoms with E-state index in [1.54, 1.807) is 11.8 Å². The molecule has 0 radical (unpaired) electrons. The highest BCUT2D eigenvalue weighted by Crippen LogP contribution is 2.17. The van der Waals surface area contributed by atoms with Gasteiger partial charge in [0.05, 0.1) is 0 Å². The monoisotopic (exact) mass is 291 g/mol. The first-order valence-corrected chi connectivity index (χ1v) is 7.89. The van der Waals surface area contributed by atoms with Crippen molar-refractivity contribution < 1.29 is 4.79 Å². The molecule has 0 aliphatic carbocycles. The minimum atomic E-state index is -0.0265. The highest BCUT2D eigenvalue weighted by Gasteiger charge is 2.20. The molecule has 0 saturated carbocycles. The van der Waals surface area contributed by atoms with E-state index < -0.39 is 0 Å². The van der Waals surface area contributed by atoms with E-state index in [1.165, 1.54) is 5.56 Å². The summed E-state index contributed by atoms with van der Waals surface area (Å²) in [6, 6.07) is 11.0. The number of amides is 1. The molecular formula is C15H21N3OS. The van der Waals surface area contributed by atoms with Gasteiger partial charge in [-0.1, -0.05) is 42.1 Å². The highest BCUT2D eigenvalue weighted by molar-refractivity contribution is 8.14. The van der Waals surface area contributed by atoms with Crippen LogP contribution in [0.4, 0.5) is 0 Å². The molecule has 5 heteroatoms. The van der Waals surface area contributed by atoms with Gasteiger partial charge >= 0.3 is 0 Å². The Bertz CT molecular complexity index is 473. The Balaban J connectivity index is 1.78. The second-order valence-corrected chi connectivity index (χ2v) is 6.19. The molecule has 1 saturated heterocycles. The lowest BCUT2D eigenvalue weighted by Gasteiger charge is -2.10. The molecule has 20 heavy (non-hydrogen) atoms. The molecule has 0 spiro atoms. The summed E-state index contributed by atoms with van der Waals surface area (Å²) in [6.07, 6.45) is 0.991. The van der Waals surface area contributed by atoms with E-state index in [9.17, 15) is 4.79 Å². The number of thioether (sulfide) groups is 1. The minimum Gasteiger partial charge on any atom is -0.361 e. The SMILES string of the molecule is CC(C)NC(=O)CN=C1NC(Cc2ccccc2)CS1. The summed E-state index contributed by atoms with van der Waals surface area (Å²) in [5, 5.41) is 7.10. The number of nitrogens with one attached hydrogen (secondary N) is 2. The number of hydrogen-bond acceptors (Lipinski definition) is 3. The molecule has 1 atom stereocenters. The number of aliphatic imine (C=N–C) groups is 1. The maximum Gasteiger partial charge on any atom is 0.241 e. The van der Waals surface area contributed by atoms with Crippen LogP contribution in [0, 0.1) is 0 Å². The van der Waals surface area contributed by atoms with E-state index >= 15 is 0 Å². The van der Waals surface area contributed by atoms with Crippen molar-refractivity contribution in [1.82, 2.24) is 10.6 Å². The van der Waals surface area contributed by atoms with Crippen molar-refractivity contribution in [3.63, 3.8) is 0 Å². The molecule has 0 bridgehead atoms. The Morgan fingerprint density at radius 3 is 2.90 bits per heavy atom. The van der Waals surface area contributed by atoms with Gasteiger partial charge in [-0.3, -0.25) is 9.79 Å². The Morgan fingerprint density at radius 2 is 2.20 bits per heavy atom. The smallest absolute Gasteiger partial charge is 0.241 e. The van der Waals surface area contributed by atoms with E-state index in [4.69, 9.17) is 0 Å². The zero-order valence-electron chi connectivity index (χ0n) is 11.9. The van der Waals surface area contributed by atoms with Gasteiger partial charge in [-0.2, -0.15) is 0 Å². The molecule has 1 aromatic rings. The second-order valence-electron chi connectivity index (χ2n) is 5.19. The van der Waals surface area contributed by atoms with Gasteiger partial charge in [0.2, 0.25) is 5.91 Å². The lowest BCUT2D eigenvalue weighted by Crippen LogP contribution is -2.33. The zero-order valence-corrected chi connectivity index (χ0v) is 12.7. The maximum atomic E-state index is 11.5. The molecule has 4 nitrogen and oxygen atoms in total. The fourth-order valence-corrected chi connectivity index (χ4v) is 3.01. The van der Waals surface area contributed by atoms with Crippen molar-refractivity contribution in [3.05, 3.63) is 35.9 Å². The Kier molecular flexibility index (Phi) is 5.47. The van der Waals surface area contributed by atoms with Crippen LogP contribution in [0.1, 0.15) is 19.4 Å². The molecule has 108 valence electrons. The van der Waals surface area contributed by atoms with Crippen molar-refractivity contribution in [3.8, 4) is 0 Å². The Morgan fingerprint density at radius 1 is 1.45 bits per heavy atom. The van der Waals surface area contributed by atoms with Gasteiger partial charge < -0.3 is 10.6 Å². The van der Waals surface area contributed by atoms with Gasteiger partial charge in [0.1, 0.15) is 6.54 Å². The van der Waals surface area contributed by atoms with Crippen LogP contribution < -0.4 is 10.6 Å². The highest BCUT2D eigenvalue weighted by atomic mass is 32.2. The average molecular weight is 291 g/mol. The van der Waals surface area contributed by atoms with Crippen molar-refractivity contribution in [2.75, 3.05) is 12.3 Å². The molecule has 1 unspecified atom stereocenters. The predicted molar refractivity (Wildman–Crippen MR) is 85.1 cm³/mol. The van der Waals surface area contributed by atoms with Crippen LogP contribution in [-0.4, -0.2) is 35.5 Å². The van der Waals surface area contributed by atoms with Crippen molar-refractivity contribution in [2.45, 2.75) is 32.4 Å². The molecule has 1 heterocycles. The van der Waals surface area contributed by atoms with Gasteiger partial charge in [-0.05, 0) is 25.8 Å². The van der Waals surface area contributed by atoms with Crippen molar-refractivity contribution in [2.24, 2.45) is 4.99 Å². The van der Waals surface area contributed by atoms with E-state index in [2.05, 4.69) is 39.9 Å². The number of carbonyl (C=O) groups is 1. The maximum absolute atomic E-state index is 11.5. The van der Waals surface area contributed by atoms with Crippen LogP contribution in [0.5, 0.6) is 0 Å². The zero-order chi connectivity index (χ0) is 14.4. The Hall–Kier alpha value is -1.49. The van der Waals surface area contributed by atoms with Crippen molar-refractivity contribution in [1.29, 1.82) is 0 Å². The molecule has 1 aliphatic rings. The van der Waals surface area contributed by atoms with E-state index in [-0.39, 0.29) is 18.5 Å². The van der Waals surface area contributed by atoms with Gasteiger partial charge in [-0.15, -0.1) is 0 Å². The summed E-state index contributed by atoms with van der Waals surface area (Å²) < 4.78 is 0. The summed E-state index contributed by atoms with van der Waals surface area (Å²) in [5.41, 5.74) is 1.32. The second kappa shape index (κ2) is 7.33. The van der Waals surface area contributed by atoms with Gasteiger partial charge in [-0.25, -0.2) is 0 Å². The average Bonchev–Trinajstić information content (AvgIpc) is 2.84. The molecule has 1 aliphatic heterocycles. The number of rotatable bonds is 5. The number of benzene rings is 1. The van der Waals surface area contributed by atoms with E-state index in [0.717, 1.165) is 17.3 Å². The summed E-state index contributed by atoms with van der Waals surface area (Å²) >= 11 is 1.69. The summed E-state index contributed by atoms with van der Waals surface area (Å²) in [4.78, 5) is 15.9. The molecule has 2 N–H and O–H groups in total.